The Labute approximate surface area is 172 Å². The summed E-state index contributed by atoms with van der Waals surface area (Å²) in [6, 6.07) is 7.45. The molecule has 1 heterocycles. The third-order valence-electron chi connectivity index (χ3n) is 3.67. The van der Waals surface area contributed by atoms with Crippen LogP contribution in [0.5, 0.6) is 11.5 Å². The number of halogens is 4. The number of methoxy groups -OCH3 is 1. The van der Waals surface area contributed by atoms with Crippen LogP contribution in [0.2, 0.25) is 0 Å². The molecule has 0 atom stereocenters. The molecular formula is C17H13F4N3O6S. The van der Waals surface area contributed by atoms with Gasteiger partial charge in [-0.2, -0.15) is 26.0 Å². The lowest BCUT2D eigenvalue weighted by Gasteiger charge is -2.17. The van der Waals surface area contributed by atoms with Gasteiger partial charge in [-0.05, 0) is 24.3 Å². The predicted octanol–water partition coefficient (Wildman–Crippen LogP) is 3.75. The summed E-state index contributed by atoms with van der Waals surface area (Å²) < 4.78 is 88.9. The summed E-state index contributed by atoms with van der Waals surface area (Å²) in [6.07, 6.45) is -9.69. The van der Waals surface area contributed by atoms with Gasteiger partial charge in [0.2, 0.25) is 5.95 Å². The van der Waals surface area contributed by atoms with Crippen LogP contribution >= 0.6 is 0 Å². The average molecular weight is 463 g/mol. The zero-order valence-electron chi connectivity index (χ0n) is 15.4. The molecule has 0 aliphatic heterocycles. The smallest absolute Gasteiger partial charge is 0.453 e. The Morgan fingerprint density at radius 2 is 1.90 bits per heavy atom. The number of hydrogen-bond acceptors (Lipinski definition) is 7. The normalized spacial score (nSPS) is 12.1. The molecule has 2 aromatic carbocycles. The number of benzene rings is 2. The van der Waals surface area contributed by atoms with E-state index >= 15 is 0 Å². The van der Waals surface area contributed by atoms with Gasteiger partial charge in [0, 0.05) is 12.1 Å². The number of H-pyrrole nitrogens is 1. The van der Waals surface area contributed by atoms with Crippen molar-refractivity contribution in [2.45, 2.75) is 17.4 Å². The van der Waals surface area contributed by atoms with Crippen molar-refractivity contribution in [3.05, 3.63) is 42.5 Å². The molecule has 0 unspecified atom stereocenters. The molecule has 2 N–H and O–H groups in total. The SMILES string of the molecule is COC(=O)Nc1nc2ccc(OS(=O)(=O)c3cccc(OC(F)(F)C(F)F)c3)cc2[nH]1. The van der Waals surface area contributed by atoms with Crippen LogP contribution in [0.3, 0.4) is 0 Å². The Kier molecular flexibility index (Phi) is 5.92. The van der Waals surface area contributed by atoms with E-state index in [0.717, 1.165) is 25.3 Å². The summed E-state index contributed by atoms with van der Waals surface area (Å²) in [4.78, 5) is 17.4. The highest BCUT2D eigenvalue weighted by molar-refractivity contribution is 7.87. The highest BCUT2D eigenvalue weighted by Crippen LogP contribution is 2.30. The van der Waals surface area contributed by atoms with Gasteiger partial charge in [0.25, 0.3) is 0 Å². The lowest BCUT2D eigenvalue weighted by Crippen LogP contribution is -2.33. The fourth-order valence-electron chi connectivity index (χ4n) is 2.32. The van der Waals surface area contributed by atoms with Crippen LogP contribution in [-0.2, 0) is 14.9 Å². The third kappa shape index (κ3) is 5.14. The van der Waals surface area contributed by atoms with Gasteiger partial charge in [-0.1, -0.05) is 6.07 Å². The molecule has 0 saturated carbocycles. The molecule has 0 saturated heterocycles. The quantitative estimate of drug-likeness (QED) is 0.405. The molecule has 0 aliphatic carbocycles. The van der Waals surface area contributed by atoms with Gasteiger partial charge < -0.3 is 18.6 Å². The number of amides is 1. The van der Waals surface area contributed by atoms with Gasteiger partial charge in [-0.25, -0.2) is 9.78 Å². The average Bonchev–Trinajstić information content (AvgIpc) is 3.08. The zero-order chi connectivity index (χ0) is 22.8. The Bertz CT molecular complexity index is 1220. The number of fused-ring (bicyclic) bond motifs is 1. The van der Waals surface area contributed by atoms with Gasteiger partial charge in [0.15, 0.2) is 0 Å². The highest BCUT2D eigenvalue weighted by Gasteiger charge is 2.44. The molecule has 0 fully saturated rings. The molecule has 3 rings (SSSR count). The van der Waals surface area contributed by atoms with Gasteiger partial charge in [0.05, 0.1) is 18.1 Å². The van der Waals surface area contributed by atoms with E-state index < -0.39 is 39.4 Å². The van der Waals surface area contributed by atoms with Crippen LogP contribution in [0.15, 0.2) is 47.4 Å². The number of alkyl halides is 4. The van der Waals surface area contributed by atoms with Crippen LogP contribution in [0, 0.1) is 0 Å². The molecule has 0 spiro atoms. The van der Waals surface area contributed by atoms with E-state index in [0.29, 0.717) is 17.1 Å². The van der Waals surface area contributed by atoms with Crippen LogP contribution in [-0.4, -0.2) is 44.1 Å². The number of anilines is 1. The summed E-state index contributed by atoms with van der Waals surface area (Å²) in [7, 11) is -3.38. The Balaban J connectivity index is 1.82. The van der Waals surface area contributed by atoms with Crippen molar-refractivity contribution in [1.29, 1.82) is 0 Å². The number of hydrogen-bond donors (Lipinski definition) is 2. The van der Waals surface area contributed by atoms with Gasteiger partial charge >= 0.3 is 28.7 Å². The van der Waals surface area contributed by atoms with Crippen LogP contribution < -0.4 is 14.2 Å². The molecule has 9 nitrogen and oxygen atoms in total. The van der Waals surface area contributed by atoms with Crippen LogP contribution in [0.4, 0.5) is 28.3 Å². The van der Waals surface area contributed by atoms with Crippen molar-refractivity contribution in [2.24, 2.45) is 0 Å². The summed E-state index contributed by atoms with van der Waals surface area (Å²) in [5.74, 6) is -0.936. The fraction of sp³-hybridized carbons (Fsp3) is 0.176. The Morgan fingerprint density at radius 3 is 2.58 bits per heavy atom. The van der Waals surface area contributed by atoms with E-state index in [9.17, 15) is 30.8 Å². The summed E-state index contributed by atoms with van der Waals surface area (Å²) in [5.41, 5.74) is 0.661. The standard InChI is InChI=1S/C17H13F4N3O6S/c1-28-16(25)24-15-22-12-6-5-10(8-13(12)23-15)30-31(26,27)11-4-2-3-9(7-11)29-17(20,21)14(18)19/h2-8,14H,1H3,(H2,22,23,24,25). The molecule has 166 valence electrons. The maximum Gasteiger partial charge on any atom is 0.461 e. The second-order valence-electron chi connectivity index (χ2n) is 5.86. The minimum Gasteiger partial charge on any atom is -0.453 e. The van der Waals surface area contributed by atoms with Crippen molar-refractivity contribution in [1.82, 2.24) is 9.97 Å². The van der Waals surface area contributed by atoms with E-state index in [2.05, 4.69) is 24.8 Å². The van der Waals surface area contributed by atoms with Crippen molar-refractivity contribution in [2.75, 3.05) is 12.4 Å². The molecule has 3 aromatic rings. The number of carbonyl (C=O) groups excluding carboxylic acids is 1. The summed E-state index contributed by atoms with van der Waals surface area (Å²) >= 11 is 0. The van der Waals surface area contributed by atoms with Crippen molar-refractivity contribution in [3.63, 3.8) is 0 Å². The number of ether oxygens (including phenoxy) is 2. The Hall–Kier alpha value is -3.55. The molecule has 0 radical (unpaired) electrons. The number of aromatic nitrogens is 2. The largest absolute Gasteiger partial charge is 0.461 e. The summed E-state index contributed by atoms with van der Waals surface area (Å²) in [6.45, 7) is 0. The molecule has 1 amide bonds. The van der Waals surface area contributed by atoms with Gasteiger partial charge in [-0.3, -0.25) is 5.32 Å². The number of carbonyl (C=O) groups is 1. The first-order valence-electron chi connectivity index (χ1n) is 8.24. The van der Waals surface area contributed by atoms with Gasteiger partial charge in [-0.15, -0.1) is 0 Å². The molecule has 0 aliphatic rings. The van der Waals surface area contributed by atoms with Gasteiger partial charge in [0.1, 0.15) is 16.4 Å². The van der Waals surface area contributed by atoms with Crippen molar-refractivity contribution in [3.8, 4) is 11.5 Å². The maximum atomic E-state index is 13.1. The number of rotatable bonds is 7. The predicted molar refractivity (Wildman–Crippen MR) is 98.0 cm³/mol. The van der Waals surface area contributed by atoms with Crippen molar-refractivity contribution < 1.29 is 44.4 Å². The topological polar surface area (TPSA) is 120 Å². The van der Waals surface area contributed by atoms with Crippen LogP contribution in [0.1, 0.15) is 0 Å². The lowest BCUT2D eigenvalue weighted by atomic mass is 10.3. The molecule has 14 heteroatoms. The fourth-order valence-corrected chi connectivity index (χ4v) is 3.28. The van der Waals surface area contributed by atoms with E-state index in [1.165, 1.54) is 18.2 Å². The lowest BCUT2D eigenvalue weighted by molar-refractivity contribution is -0.253. The molecule has 1 aromatic heterocycles. The zero-order valence-corrected chi connectivity index (χ0v) is 16.3. The van der Waals surface area contributed by atoms with E-state index in [4.69, 9.17) is 4.18 Å². The monoisotopic (exact) mass is 463 g/mol. The molecule has 0 bridgehead atoms. The van der Waals surface area contributed by atoms with Crippen LogP contribution in [0.25, 0.3) is 11.0 Å². The summed E-state index contributed by atoms with van der Waals surface area (Å²) in [5, 5.41) is 2.29. The van der Waals surface area contributed by atoms with E-state index in [-0.39, 0.29) is 11.7 Å². The minimum atomic E-state index is -4.80. The molecular weight excluding hydrogens is 450 g/mol. The second kappa shape index (κ2) is 8.29. The highest BCUT2D eigenvalue weighted by atomic mass is 32.2. The number of imidazole rings is 1. The number of nitrogens with zero attached hydrogens (tertiary/aromatic N) is 1. The van der Waals surface area contributed by atoms with E-state index in [1.54, 1.807) is 0 Å². The Morgan fingerprint density at radius 1 is 1.16 bits per heavy atom. The first-order valence-corrected chi connectivity index (χ1v) is 9.65. The third-order valence-corrected chi connectivity index (χ3v) is 4.91. The minimum absolute atomic E-state index is 0.0339. The van der Waals surface area contributed by atoms with E-state index in [1.807, 2.05) is 0 Å². The van der Waals surface area contributed by atoms with Crippen molar-refractivity contribution >= 4 is 33.2 Å². The maximum absolute atomic E-state index is 13.1. The number of nitrogens with one attached hydrogen (secondary N) is 2. The second-order valence-corrected chi connectivity index (χ2v) is 7.40. The number of aromatic amines is 1. The first kappa shape index (κ1) is 22.1. The molecule has 31 heavy (non-hydrogen) atoms. The first-order chi connectivity index (χ1) is 14.5.